The third-order valence-corrected chi connectivity index (χ3v) is 2.37. The van der Waals surface area contributed by atoms with E-state index in [1.807, 2.05) is 6.92 Å². The molecule has 0 spiro atoms. The Hall–Kier alpha value is -2.17. The molecule has 2 aromatic rings. The van der Waals surface area contributed by atoms with Crippen LogP contribution in [-0.2, 0) is 6.54 Å². The molecule has 17 heavy (non-hydrogen) atoms. The minimum absolute atomic E-state index is 0.221. The van der Waals surface area contributed by atoms with Crippen LogP contribution in [0.25, 0.3) is 0 Å². The van der Waals surface area contributed by atoms with Crippen molar-refractivity contribution in [2.45, 2.75) is 13.5 Å². The molecule has 5 nitrogen and oxygen atoms in total. The maximum Gasteiger partial charge on any atom is 0.169 e. The number of phenolic OH excluding ortho intramolecular Hbond substituents is 1. The van der Waals surface area contributed by atoms with Crippen molar-refractivity contribution in [1.29, 1.82) is 0 Å². The maximum atomic E-state index is 9.67. The molecule has 90 valence electrons. The fraction of sp³-hybridized carbons (Fsp3) is 0.250. The van der Waals surface area contributed by atoms with Crippen LogP contribution in [0.3, 0.4) is 0 Å². The van der Waals surface area contributed by atoms with Crippen LogP contribution >= 0.6 is 0 Å². The summed E-state index contributed by atoms with van der Waals surface area (Å²) in [6, 6.07) is 6.87. The van der Waals surface area contributed by atoms with Gasteiger partial charge in [0.2, 0.25) is 0 Å². The highest BCUT2D eigenvalue weighted by Gasteiger charge is 2.05. The highest BCUT2D eigenvalue weighted by Crippen LogP contribution is 2.23. The van der Waals surface area contributed by atoms with E-state index >= 15 is 0 Å². The van der Waals surface area contributed by atoms with E-state index < -0.39 is 0 Å². The second-order valence-corrected chi connectivity index (χ2v) is 3.67. The van der Waals surface area contributed by atoms with Crippen LogP contribution in [0.1, 0.15) is 11.3 Å². The minimum Gasteiger partial charge on any atom is -0.508 e. The number of aromatic nitrogens is 1. The number of anilines is 1. The number of rotatable bonds is 4. The van der Waals surface area contributed by atoms with Gasteiger partial charge in [-0.05, 0) is 25.1 Å². The molecular weight excluding hydrogens is 220 g/mol. The van der Waals surface area contributed by atoms with E-state index in [1.165, 1.54) is 0 Å². The predicted octanol–water partition coefficient (Wildman–Crippen LogP) is 2.31. The second kappa shape index (κ2) is 4.78. The molecule has 0 saturated heterocycles. The molecule has 5 heteroatoms. The molecular formula is C12H14N2O3. The first-order valence-electron chi connectivity index (χ1n) is 5.22. The second-order valence-electron chi connectivity index (χ2n) is 3.67. The lowest BCUT2D eigenvalue weighted by atomic mass is 10.2. The summed E-state index contributed by atoms with van der Waals surface area (Å²) in [6.07, 6.45) is 0. The van der Waals surface area contributed by atoms with Crippen molar-refractivity contribution in [1.82, 2.24) is 5.16 Å². The number of hydrogen-bond donors (Lipinski definition) is 2. The Balaban J connectivity index is 2.07. The van der Waals surface area contributed by atoms with Gasteiger partial charge in [-0.3, -0.25) is 0 Å². The van der Waals surface area contributed by atoms with Crippen molar-refractivity contribution in [2.75, 3.05) is 12.4 Å². The van der Waals surface area contributed by atoms with E-state index in [0.29, 0.717) is 18.1 Å². The van der Waals surface area contributed by atoms with Crippen LogP contribution in [0.2, 0.25) is 0 Å². The predicted molar refractivity (Wildman–Crippen MR) is 63.2 cm³/mol. The lowest BCUT2D eigenvalue weighted by Crippen LogP contribution is -2.00. The van der Waals surface area contributed by atoms with Crippen molar-refractivity contribution in [3.05, 3.63) is 35.6 Å². The first-order valence-corrected chi connectivity index (χ1v) is 5.22. The molecule has 0 fully saturated rings. The standard InChI is InChI=1S/C12H14N2O3/c1-8-5-12(14-17-8)13-7-9-6-10(16-2)3-4-11(9)15/h3-6,15H,7H2,1-2H3,(H,13,14). The fourth-order valence-electron chi connectivity index (χ4n) is 1.47. The maximum absolute atomic E-state index is 9.67. The molecule has 0 aliphatic rings. The Morgan fingerprint density at radius 2 is 2.24 bits per heavy atom. The van der Waals surface area contributed by atoms with Gasteiger partial charge in [-0.1, -0.05) is 5.16 Å². The summed E-state index contributed by atoms with van der Waals surface area (Å²) in [5.41, 5.74) is 0.741. The van der Waals surface area contributed by atoms with E-state index in [2.05, 4.69) is 10.5 Å². The zero-order valence-electron chi connectivity index (χ0n) is 9.73. The zero-order chi connectivity index (χ0) is 12.3. The smallest absolute Gasteiger partial charge is 0.169 e. The summed E-state index contributed by atoms with van der Waals surface area (Å²) in [4.78, 5) is 0. The molecule has 0 unspecified atom stereocenters. The van der Waals surface area contributed by atoms with Gasteiger partial charge >= 0.3 is 0 Å². The molecule has 2 N–H and O–H groups in total. The average Bonchev–Trinajstić information content (AvgIpc) is 2.74. The van der Waals surface area contributed by atoms with Gasteiger partial charge in [0.1, 0.15) is 17.3 Å². The molecule has 0 aliphatic heterocycles. The van der Waals surface area contributed by atoms with E-state index in [-0.39, 0.29) is 5.75 Å². The van der Waals surface area contributed by atoms with E-state index in [0.717, 1.165) is 11.3 Å². The number of benzene rings is 1. The van der Waals surface area contributed by atoms with Crippen molar-refractivity contribution < 1.29 is 14.4 Å². The molecule has 0 bridgehead atoms. The van der Waals surface area contributed by atoms with Crippen LogP contribution in [0.15, 0.2) is 28.8 Å². The third kappa shape index (κ3) is 2.69. The molecule has 0 amide bonds. The highest BCUT2D eigenvalue weighted by molar-refractivity contribution is 5.42. The van der Waals surface area contributed by atoms with Crippen molar-refractivity contribution in [3.63, 3.8) is 0 Å². The minimum atomic E-state index is 0.221. The van der Waals surface area contributed by atoms with E-state index in [4.69, 9.17) is 9.26 Å². The lowest BCUT2D eigenvalue weighted by molar-refractivity contribution is 0.399. The Labute approximate surface area is 99.0 Å². The van der Waals surface area contributed by atoms with Gasteiger partial charge in [0, 0.05) is 18.2 Å². The largest absolute Gasteiger partial charge is 0.508 e. The van der Waals surface area contributed by atoms with Crippen molar-refractivity contribution >= 4 is 5.82 Å². The van der Waals surface area contributed by atoms with Crippen molar-refractivity contribution in [3.8, 4) is 11.5 Å². The third-order valence-electron chi connectivity index (χ3n) is 2.37. The quantitative estimate of drug-likeness (QED) is 0.849. The number of nitrogens with zero attached hydrogens (tertiary/aromatic N) is 1. The Kier molecular flexibility index (Phi) is 3.18. The van der Waals surface area contributed by atoms with Gasteiger partial charge in [0.25, 0.3) is 0 Å². The summed E-state index contributed by atoms with van der Waals surface area (Å²) in [7, 11) is 1.59. The monoisotopic (exact) mass is 234 g/mol. The number of ether oxygens (including phenoxy) is 1. The number of phenols is 1. The lowest BCUT2D eigenvalue weighted by Gasteiger charge is -2.07. The van der Waals surface area contributed by atoms with Gasteiger partial charge < -0.3 is 19.7 Å². The summed E-state index contributed by atoms with van der Waals surface area (Å²) in [5.74, 6) is 2.31. The highest BCUT2D eigenvalue weighted by atomic mass is 16.5. The van der Waals surface area contributed by atoms with Gasteiger partial charge in [0.05, 0.1) is 7.11 Å². The van der Waals surface area contributed by atoms with E-state index in [9.17, 15) is 5.11 Å². The molecule has 1 aromatic carbocycles. The molecule has 1 aromatic heterocycles. The number of methoxy groups -OCH3 is 1. The Bertz CT molecular complexity index is 508. The normalized spacial score (nSPS) is 10.2. The summed E-state index contributed by atoms with van der Waals surface area (Å²) < 4.78 is 10.0. The summed E-state index contributed by atoms with van der Waals surface area (Å²) >= 11 is 0. The molecule has 0 radical (unpaired) electrons. The first kappa shape index (κ1) is 11.3. The first-order chi connectivity index (χ1) is 8.19. The van der Waals surface area contributed by atoms with Gasteiger partial charge in [-0.2, -0.15) is 0 Å². The van der Waals surface area contributed by atoms with Crippen LogP contribution in [0.5, 0.6) is 11.5 Å². The fourth-order valence-corrected chi connectivity index (χ4v) is 1.47. The Morgan fingerprint density at radius 1 is 1.41 bits per heavy atom. The van der Waals surface area contributed by atoms with Crippen LogP contribution < -0.4 is 10.1 Å². The van der Waals surface area contributed by atoms with Gasteiger partial charge in [-0.15, -0.1) is 0 Å². The number of aromatic hydroxyl groups is 1. The average molecular weight is 234 g/mol. The van der Waals surface area contributed by atoms with Gasteiger partial charge in [0.15, 0.2) is 5.82 Å². The number of aryl methyl sites for hydroxylation is 1. The van der Waals surface area contributed by atoms with E-state index in [1.54, 1.807) is 31.4 Å². The topological polar surface area (TPSA) is 67.5 Å². The molecule has 0 saturated carbocycles. The molecule has 1 heterocycles. The summed E-state index contributed by atoms with van der Waals surface area (Å²) in [5, 5.41) is 16.5. The Morgan fingerprint density at radius 3 is 2.88 bits per heavy atom. The SMILES string of the molecule is COc1ccc(O)c(CNc2cc(C)on2)c1. The van der Waals surface area contributed by atoms with Gasteiger partial charge in [-0.25, -0.2) is 0 Å². The number of hydrogen-bond acceptors (Lipinski definition) is 5. The molecule has 2 rings (SSSR count). The summed E-state index contributed by atoms with van der Waals surface area (Å²) in [6.45, 7) is 2.27. The zero-order valence-corrected chi connectivity index (χ0v) is 9.73. The number of nitrogens with one attached hydrogen (secondary N) is 1. The van der Waals surface area contributed by atoms with Crippen molar-refractivity contribution in [2.24, 2.45) is 0 Å². The molecule has 0 atom stereocenters. The van der Waals surface area contributed by atoms with Crippen LogP contribution in [-0.4, -0.2) is 17.4 Å². The van der Waals surface area contributed by atoms with Crippen LogP contribution in [0, 0.1) is 6.92 Å². The molecule has 0 aliphatic carbocycles. The van der Waals surface area contributed by atoms with Crippen LogP contribution in [0.4, 0.5) is 5.82 Å².